The number of nitrogens with zero attached hydrogens (tertiary/aromatic N) is 5. The van der Waals surface area contributed by atoms with Gasteiger partial charge in [-0.05, 0) is 62.3 Å². The molecule has 0 amide bonds. The lowest BCUT2D eigenvalue weighted by Crippen LogP contribution is -2.25. The minimum absolute atomic E-state index is 0.00924. The zero-order valence-electron chi connectivity index (χ0n) is 16.0. The number of carbonyl (C=O) groups excluding carboxylic acids is 1. The number of nitrogens with two attached hydrogens (primary N) is 1. The Balaban J connectivity index is 1.35. The first-order chi connectivity index (χ1) is 14.2. The normalized spacial score (nSPS) is 14.1. The monoisotopic (exact) mass is 393 g/mol. The van der Waals surface area contributed by atoms with Gasteiger partial charge in [-0.3, -0.25) is 14.7 Å². The van der Waals surface area contributed by atoms with E-state index in [9.17, 15) is 4.79 Å². The van der Waals surface area contributed by atoms with E-state index < -0.39 is 5.91 Å². The molecule has 3 aromatic rings. The summed E-state index contributed by atoms with van der Waals surface area (Å²) in [6, 6.07) is 12.5. The van der Waals surface area contributed by atoms with E-state index in [4.69, 9.17) is 10.5 Å². The van der Waals surface area contributed by atoms with Crippen LogP contribution in [0.1, 0.15) is 23.3 Å². The lowest BCUT2D eigenvalue weighted by Gasteiger charge is -2.15. The minimum atomic E-state index is -0.439. The average molecular weight is 393 g/mol. The highest BCUT2D eigenvalue weighted by atomic mass is 16.5. The molecule has 2 aromatic heterocycles. The summed E-state index contributed by atoms with van der Waals surface area (Å²) in [6.45, 7) is 3.95. The van der Waals surface area contributed by atoms with E-state index in [1.165, 1.54) is 19.0 Å². The zero-order chi connectivity index (χ0) is 20.1. The minimum Gasteiger partial charge on any atom is -0.492 e. The number of benzene rings is 1. The second-order valence-electron chi connectivity index (χ2n) is 6.77. The van der Waals surface area contributed by atoms with Crippen molar-refractivity contribution in [1.82, 2.24) is 24.6 Å². The van der Waals surface area contributed by atoms with Crippen molar-refractivity contribution in [2.24, 2.45) is 0 Å². The maximum atomic E-state index is 12.4. The Morgan fingerprint density at radius 3 is 2.66 bits per heavy atom. The molecular weight excluding hydrogens is 370 g/mol. The van der Waals surface area contributed by atoms with Gasteiger partial charge in [0.1, 0.15) is 18.1 Å². The summed E-state index contributed by atoms with van der Waals surface area (Å²) in [7, 11) is 0. The predicted molar refractivity (Wildman–Crippen MR) is 109 cm³/mol. The van der Waals surface area contributed by atoms with Crippen LogP contribution in [0.3, 0.4) is 0 Å². The number of aromatic nitrogens is 4. The number of nitrogens with one attached hydrogen (secondary N) is 1. The highest BCUT2D eigenvalue weighted by Gasteiger charge is 2.17. The molecule has 0 saturated carbocycles. The van der Waals surface area contributed by atoms with Crippen molar-refractivity contribution < 1.29 is 9.53 Å². The first-order valence-electron chi connectivity index (χ1n) is 9.59. The van der Waals surface area contributed by atoms with E-state index in [0.717, 1.165) is 35.8 Å². The van der Waals surface area contributed by atoms with Crippen LogP contribution in [0.25, 0.3) is 0 Å². The number of rotatable bonds is 7. The summed E-state index contributed by atoms with van der Waals surface area (Å²) in [5, 5.41) is 7.18. The second kappa shape index (κ2) is 8.70. The number of anilines is 3. The van der Waals surface area contributed by atoms with Crippen molar-refractivity contribution in [3.63, 3.8) is 0 Å². The summed E-state index contributed by atoms with van der Waals surface area (Å²) >= 11 is 0. The summed E-state index contributed by atoms with van der Waals surface area (Å²) < 4.78 is 6.83. The molecule has 9 nitrogen and oxygen atoms in total. The maximum Gasteiger partial charge on any atom is 0.300 e. The van der Waals surface area contributed by atoms with Gasteiger partial charge >= 0.3 is 0 Å². The fraction of sp³-hybridized carbons (Fsp3) is 0.300. The number of likely N-dealkylation sites (tertiary alicyclic amines) is 1. The maximum absolute atomic E-state index is 12.4. The van der Waals surface area contributed by atoms with Crippen molar-refractivity contribution in [3.05, 3.63) is 54.4 Å². The van der Waals surface area contributed by atoms with E-state index in [-0.39, 0.29) is 17.6 Å². The van der Waals surface area contributed by atoms with Crippen molar-refractivity contribution in [2.75, 3.05) is 37.3 Å². The van der Waals surface area contributed by atoms with Crippen molar-refractivity contribution in [1.29, 1.82) is 0 Å². The molecule has 4 rings (SSSR count). The molecule has 1 aromatic carbocycles. The molecule has 0 bridgehead atoms. The molecule has 1 aliphatic rings. The van der Waals surface area contributed by atoms with Gasteiger partial charge in [0, 0.05) is 18.4 Å². The average Bonchev–Trinajstić information content (AvgIpc) is 3.39. The Morgan fingerprint density at radius 1 is 1.14 bits per heavy atom. The number of hydrogen-bond acceptors (Lipinski definition) is 8. The van der Waals surface area contributed by atoms with Crippen LogP contribution in [-0.2, 0) is 0 Å². The topological polar surface area (TPSA) is 111 Å². The highest BCUT2D eigenvalue weighted by molar-refractivity contribution is 5.95. The van der Waals surface area contributed by atoms with Gasteiger partial charge in [0.15, 0.2) is 0 Å². The van der Waals surface area contributed by atoms with Gasteiger partial charge in [0.25, 0.3) is 5.91 Å². The lowest BCUT2D eigenvalue weighted by atomic mass is 10.3. The van der Waals surface area contributed by atoms with Gasteiger partial charge < -0.3 is 15.8 Å². The molecule has 3 N–H and O–H groups in total. The Kier molecular flexibility index (Phi) is 5.66. The molecule has 9 heteroatoms. The fourth-order valence-electron chi connectivity index (χ4n) is 3.19. The molecule has 0 spiro atoms. The molecular formula is C20H23N7O2. The zero-order valence-corrected chi connectivity index (χ0v) is 16.0. The van der Waals surface area contributed by atoms with Crippen LogP contribution >= 0.6 is 0 Å². The lowest BCUT2D eigenvalue weighted by molar-refractivity contribution is 0.0943. The van der Waals surface area contributed by atoms with Gasteiger partial charge in [-0.15, -0.1) is 5.10 Å². The fourth-order valence-corrected chi connectivity index (χ4v) is 3.19. The Morgan fingerprint density at radius 2 is 1.93 bits per heavy atom. The number of hydrogen-bond donors (Lipinski definition) is 2. The van der Waals surface area contributed by atoms with Gasteiger partial charge in [-0.2, -0.15) is 9.67 Å². The molecule has 0 aliphatic carbocycles. The number of ether oxygens (including phenoxy) is 1. The molecule has 0 unspecified atom stereocenters. The highest BCUT2D eigenvalue weighted by Crippen LogP contribution is 2.19. The van der Waals surface area contributed by atoms with Crippen LogP contribution in [0.4, 0.5) is 17.6 Å². The summed E-state index contributed by atoms with van der Waals surface area (Å²) in [6.07, 6.45) is 4.10. The van der Waals surface area contributed by atoms with Crippen LogP contribution in [0.5, 0.6) is 5.75 Å². The summed E-state index contributed by atoms with van der Waals surface area (Å²) in [5.74, 6) is 0.586. The third-order valence-corrected chi connectivity index (χ3v) is 4.69. The third kappa shape index (κ3) is 4.69. The largest absolute Gasteiger partial charge is 0.492 e. The molecule has 0 radical (unpaired) electrons. The van der Waals surface area contributed by atoms with Crippen molar-refractivity contribution in [3.8, 4) is 5.75 Å². The molecule has 0 atom stereocenters. The molecule has 29 heavy (non-hydrogen) atoms. The van der Waals surface area contributed by atoms with Crippen molar-refractivity contribution in [2.45, 2.75) is 12.8 Å². The number of pyridine rings is 1. The Hall–Kier alpha value is -3.46. The smallest absolute Gasteiger partial charge is 0.300 e. The van der Waals surface area contributed by atoms with Crippen LogP contribution < -0.4 is 15.8 Å². The second-order valence-corrected chi connectivity index (χ2v) is 6.77. The van der Waals surface area contributed by atoms with E-state index in [1.54, 1.807) is 18.2 Å². The van der Waals surface area contributed by atoms with Gasteiger partial charge in [0.05, 0.1) is 0 Å². The summed E-state index contributed by atoms with van der Waals surface area (Å²) in [5.41, 5.74) is 6.85. The number of nitrogen functional groups attached to an aromatic ring is 1. The van der Waals surface area contributed by atoms with Gasteiger partial charge in [-0.1, -0.05) is 6.07 Å². The van der Waals surface area contributed by atoms with E-state index in [2.05, 4.69) is 25.3 Å². The van der Waals surface area contributed by atoms with Crippen LogP contribution in [0.2, 0.25) is 0 Å². The van der Waals surface area contributed by atoms with Gasteiger partial charge in [-0.25, -0.2) is 0 Å². The van der Waals surface area contributed by atoms with E-state index in [1.807, 2.05) is 24.3 Å². The Bertz CT molecular complexity index is 951. The Labute approximate surface area is 168 Å². The molecule has 1 aliphatic heterocycles. The molecule has 150 valence electrons. The first-order valence-corrected chi connectivity index (χ1v) is 9.59. The van der Waals surface area contributed by atoms with Crippen LogP contribution in [-0.4, -0.2) is 56.8 Å². The SMILES string of the molecule is Nc1nc(Nc2ccc(OCCN3CCCC3)cc2)nn1C(=O)c1ccccn1. The third-order valence-electron chi connectivity index (χ3n) is 4.69. The predicted octanol–water partition coefficient (Wildman–Crippen LogP) is 2.16. The quantitative estimate of drug-likeness (QED) is 0.628. The summed E-state index contributed by atoms with van der Waals surface area (Å²) in [4.78, 5) is 23.0. The van der Waals surface area contributed by atoms with Crippen LogP contribution in [0, 0.1) is 0 Å². The van der Waals surface area contributed by atoms with Gasteiger partial charge in [0.2, 0.25) is 11.9 Å². The van der Waals surface area contributed by atoms with Crippen LogP contribution in [0.15, 0.2) is 48.7 Å². The van der Waals surface area contributed by atoms with E-state index in [0.29, 0.717) is 6.61 Å². The number of carbonyl (C=O) groups is 1. The molecule has 1 fully saturated rings. The first kappa shape index (κ1) is 18.9. The van der Waals surface area contributed by atoms with E-state index >= 15 is 0 Å². The standard InChI is InChI=1S/C20H23N7O2/c21-19-24-20(25-27(19)18(28)17-5-1-2-10-22-17)23-15-6-8-16(9-7-15)29-14-13-26-11-3-4-12-26/h1-2,5-10H,3-4,11-14H2,(H3,21,23,24,25). The van der Waals surface area contributed by atoms with Crippen molar-refractivity contribution >= 4 is 23.5 Å². The molecule has 3 heterocycles. The molecule has 1 saturated heterocycles.